The van der Waals surface area contributed by atoms with Gasteiger partial charge >= 0.3 is 28.3 Å². The number of methoxy groups -OCH3 is 1. The SMILES string of the molecule is COC(=O)CN1C(=O)[C@@H](Cl)[C@H]1[S-].[Ag+]. The number of ether oxygens (including phenoxy) is 1. The summed E-state index contributed by atoms with van der Waals surface area (Å²) in [6.45, 7) is -0.104. The molecule has 0 radical (unpaired) electrons. The van der Waals surface area contributed by atoms with Crippen molar-refractivity contribution < 1.29 is 36.7 Å². The van der Waals surface area contributed by atoms with Crippen LogP contribution in [-0.2, 0) is 49.3 Å². The molecule has 1 heterocycles. The molecule has 1 rings (SSSR count). The summed E-state index contributed by atoms with van der Waals surface area (Å²) >= 11 is 10.3. The Kier molecular flexibility index (Phi) is 5.39. The Morgan fingerprint density at radius 2 is 2.31 bits per heavy atom. The van der Waals surface area contributed by atoms with Crippen molar-refractivity contribution >= 4 is 36.1 Å². The first-order valence-corrected chi connectivity index (χ1v) is 4.16. The van der Waals surface area contributed by atoms with Gasteiger partial charge in [0.2, 0.25) is 5.91 Å². The van der Waals surface area contributed by atoms with Crippen LogP contribution in [-0.4, -0.2) is 41.2 Å². The number of likely N-dealkylation sites (tertiary alicyclic amines) is 1. The smallest absolute Gasteiger partial charge is 0.766 e. The third-order valence-electron chi connectivity index (χ3n) is 1.60. The molecule has 0 N–H and O–H groups in total. The second kappa shape index (κ2) is 5.26. The van der Waals surface area contributed by atoms with Crippen molar-refractivity contribution in [1.29, 1.82) is 0 Å². The van der Waals surface area contributed by atoms with E-state index in [0.29, 0.717) is 0 Å². The molecule has 1 aliphatic rings. The Balaban J connectivity index is 0.00000144. The van der Waals surface area contributed by atoms with Crippen molar-refractivity contribution in [3.8, 4) is 0 Å². The summed E-state index contributed by atoms with van der Waals surface area (Å²) in [4.78, 5) is 22.9. The minimum atomic E-state index is -0.662. The Morgan fingerprint density at radius 3 is 2.69 bits per heavy atom. The molecule has 2 atom stereocenters. The standard InChI is InChI=1S/C6H8ClNO3S.Ag/c1-11-3(9)2-8-5(10)4(7)6(8)12;/h4,6,12H,2H2,1H3;/q;+1/p-1/t4-,6-;/m1./s1. The molecule has 0 aromatic carbocycles. The van der Waals surface area contributed by atoms with Crippen LogP contribution in [0.2, 0.25) is 0 Å². The molecule has 1 saturated heterocycles. The van der Waals surface area contributed by atoms with E-state index in [9.17, 15) is 9.59 Å². The van der Waals surface area contributed by atoms with E-state index >= 15 is 0 Å². The second-order valence-corrected chi connectivity index (χ2v) is 3.29. The fourth-order valence-electron chi connectivity index (χ4n) is 0.853. The second-order valence-electron chi connectivity index (χ2n) is 2.33. The van der Waals surface area contributed by atoms with Gasteiger partial charge in [-0.1, -0.05) is 5.37 Å². The van der Waals surface area contributed by atoms with Crippen molar-refractivity contribution in [3.63, 3.8) is 0 Å². The maximum Gasteiger partial charge on any atom is 1.00 e. The van der Waals surface area contributed by atoms with Crippen LogP contribution >= 0.6 is 11.6 Å². The van der Waals surface area contributed by atoms with Gasteiger partial charge in [0.05, 0.1) is 7.11 Å². The number of hydrogen-bond acceptors (Lipinski definition) is 4. The Bertz CT molecular complexity index is 228. The maximum atomic E-state index is 10.9. The molecular weight excluding hydrogens is 309 g/mol. The first-order chi connectivity index (χ1) is 5.57. The van der Waals surface area contributed by atoms with Gasteiger partial charge in [-0.3, -0.25) is 9.59 Å². The number of carbonyl (C=O) groups excluding carboxylic acids is 2. The Morgan fingerprint density at radius 1 is 1.77 bits per heavy atom. The zero-order chi connectivity index (χ0) is 9.30. The van der Waals surface area contributed by atoms with E-state index < -0.39 is 16.7 Å². The number of amides is 1. The molecule has 1 amide bonds. The normalized spacial score (nSPS) is 26.1. The van der Waals surface area contributed by atoms with Gasteiger partial charge in [0.15, 0.2) is 0 Å². The van der Waals surface area contributed by atoms with Crippen LogP contribution in [0.5, 0.6) is 0 Å². The van der Waals surface area contributed by atoms with Gasteiger partial charge in [0.1, 0.15) is 11.9 Å². The van der Waals surface area contributed by atoms with E-state index in [-0.39, 0.29) is 34.8 Å². The van der Waals surface area contributed by atoms with E-state index in [1.54, 1.807) is 0 Å². The van der Waals surface area contributed by atoms with Crippen LogP contribution in [0, 0.1) is 0 Å². The summed E-state index contributed by atoms with van der Waals surface area (Å²) in [5.74, 6) is -0.788. The third kappa shape index (κ3) is 2.63. The van der Waals surface area contributed by atoms with Gasteiger partial charge in [-0.05, 0) is 0 Å². The molecule has 1 aliphatic heterocycles. The number of halogens is 1. The van der Waals surface area contributed by atoms with Gasteiger partial charge in [-0.2, -0.15) is 0 Å². The average molecular weight is 317 g/mol. The van der Waals surface area contributed by atoms with Crippen molar-refractivity contribution in [2.24, 2.45) is 0 Å². The molecule has 0 saturated carbocycles. The minimum absolute atomic E-state index is 0. The third-order valence-corrected chi connectivity index (χ3v) is 2.71. The van der Waals surface area contributed by atoms with E-state index in [1.807, 2.05) is 0 Å². The quantitative estimate of drug-likeness (QED) is 0.226. The van der Waals surface area contributed by atoms with Crippen LogP contribution in [0.3, 0.4) is 0 Å². The van der Waals surface area contributed by atoms with Crippen molar-refractivity contribution in [2.75, 3.05) is 13.7 Å². The zero-order valence-corrected chi connectivity index (χ0v) is 9.68. The van der Waals surface area contributed by atoms with Crippen molar-refractivity contribution in [3.05, 3.63) is 0 Å². The van der Waals surface area contributed by atoms with Gasteiger partial charge in [0.25, 0.3) is 0 Å². The van der Waals surface area contributed by atoms with Crippen LogP contribution in [0.25, 0.3) is 0 Å². The fraction of sp³-hybridized carbons (Fsp3) is 0.667. The number of nitrogens with zero attached hydrogens (tertiary/aromatic N) is 1. The van der Waals surface area contributed by atoms with Crippen LogP contribution < -0.4 is 0 Å². The van der Waals surface area contributed by atoms with E-state index in [0.717, 1.165) is 0 Å². The number of rotatable bonds is 2. The van der Waals surface area contributed by atoms with Gasteiger partial charge in [-0.25, -0.2) is 0 Å². The molecule has 0 unspecified atom stereocenters. The fourth-order valence-corrected chi connectivity index (χ4v) is 1.41. The first-order valence-electron chi connectivity index (χ1n) is 3.25. The average Bonchev–Trinajstić information content (AvgIpc) is 2.11. The molecule has 4 nitrogen and oxygen atoms in total. The molecular formula is C6H7AgClNO3S. The summed E-state index contributed by atoms with van der Waals surface area (Å²) in [6.07, 6.45) is 0. The molecule has 1 fully saturated rings. The summed E-state index contributed by atoms with van der Waals surface area (Å²) in [5, 5.41) is -1.15. The number of β-lactam (4-membered cyclic amide) rings is 1. The molecule has 78 valence electrons. The summed E-state index contributed by atoms with van der Waals surface area (Å²) in [6, 6.07) is 0. The molecule has 0 aliphatic carbocycles. The van der Waals surface area contributed by atoms with Crippen molar-refractivity contribution in [2.45, 2.75) is 10.8 Å². The van der Waals surface area contributed by atoms with Crippen molar-refractivity contribution in [1.82, 2.24) is 4.90 Å². The summed E-state index contributed by atoms with van der Waals surface area (Å²) < 4.78 is 4.37. The van der Waals surface area contributed by atoms with Gasteiger partial charge in [0, 0.05) is 0 Å². The van der Waals surface area contributed by atoms with Gasteiger partial charge < -0.3 is 22.3 Å². The molecule has 0 spiro atoms. The van der Waals surface area contributed by atoms with Crippen LogP contribution in [0.1, 0.15) is 0 Å². The minimum Gasteiger partial charge on any atom is -0.766 e. The van der Waals surface area contributed by atoms with E-state index in [4.69, 9.17) is 24.2 Å². The number of alkyl halides is 1. The first kappa shape index (κ1) is 13.3. The largest absolute Gasteiger partial charge is 1.00 e. The topological polar surface area (TPSA) is 46.6 Å². The maximum absolute atomic E-state index is 10.9. The monoisotopic (exact) mass is 315 g/mol. The molecule has 0 aromatic rings. The Labute approximate surface area is 102 Å². The Hall–Kier alpha value is 0.320. The summed E-state index contributed by atoms with van der Waals surface area (Å²) in [7, 11) is 1.25. The van der Waals surface area contributed by atoms with E-state index in [2.05, 4.69) is 4.74 Å². The van der Waals surface area contributed by atoms with E-state index in [1.165, 1.54) is 12.0 Å². The molecule has 7 heteroatoms. The molecule has 13 heavy (non-hydrogen) atoms. The van der Waals surface area contributed by atoms with Crippen LogP contribution in [0.4, 0.5) is 0 Å². The number of esters is 1. The number of hydrogen-bond donors (Lipinski definition) is 0. The van der Waals surface area contributed by atoms with Gasteiger partial charge in [-0.15, -0.1) is 11.6 Å². The predicted octanol–water partition coefficient (Wildman–Crippen LogP) is -0.521. The number of carbonyl (C=O) groups is 2. The molecule has 0 bridgehead atoms. The zero-order valence-electron chi connectivity index (χ0n) is 6.62. The summed E-state index contributed by atoms with van der Waals surface area (Å²) in [5.41, 5.74) is 0. The molecule has 0 aromatic heterocycles. The predicted molar refractivity (Wildman–Crippen MR) is 44.5 cm³/mol. The van der Waals surface area contributed by atoms with Crippen LogP contribution in [0.15, 0.2) is 0 Å².